The highest BCUT2D eigenvalue weighted by molar-refractivity contribution is 7.89. The second-order valence-corrected chi connectivity index (χ2v) is 10.9. The normalized spacial score (nSPS) is 15.7. The van der Waals surface area contributed by atoms with Gasteiger partial charge in [0.2, 0.25) is 15.9 Å². The van der Waals surface area contributed by atoms with E-state index in [-0.39, 0.29) is 11.8 Å². The van der Waals surface area contributed by atoms with E-state index in [1.807, 2.05) is 72.8 Å². The van der Waals surface area contributed by atoms with Crippen LogP contribution in [0.4, 0.5) is 5.69 Å². The third-order valence-corrected chi connectivity index (χ3v) is 8.72. The van der Waals surface area contributed by atoms with E-state index in [0.717, 1.165) is 32.7 Å². The van der Waals surface area contributed by atoms with Crippen LogP contribution in [0.3, 0.4) is 0 Å². The summed E-state index contributed by atoms with van der Waals surface area (Å²) in [6, 6.07) is 26.4. The standard InChI is InChI=1S/C28H24N2O4S/c31-28(29-22-10-12-27-25(18-22)24-7-3-4-8-26(24)34-27)20-13-15-30(16-14-20)35(32,33)23-11-9-19-5-1-2-6-21(19)17-23/h1-12,17-18,20H,13-16H2,(H,29,31). The minimum absolute atomic E-state index is 0.0834. The summed E-state index contributed by atoms with van der Waals surface area (Å²) >= 11 is 0. The van der Waals surface area contributed by atoms with Gasteiger partial charge in [0.05, 0.1) is 4.90 Å². The highest BCUT2D eigenvalue weighted by atomic mass is 32.2. The van der Waals surface area contributed by atoms with Crippen LogP contribution in [0.1, 0.15) is 12.8 Å². The van der Waals surface area contributed by atoms with Gasteiger partial charge in [-0.3, -0.25) is 4.79 Å². The summed E-state index contributed by atoms with van der Waals surface area (Å²) in [7, 11) is -3.61. The zero-order chi connectivity index (χ0) is 24.0. The molecule has 1 amide bonds. The molecule has 1 aliphatic rings. The molecule has 0 unspecified atom stereocenters. The number of fused-ring (bicyclic) bond motifs is 4. The topological polar surface area (TPSA) is 79.6 Å². The SMILES string of the molecule is O=C(Nc1ccc2oc3ccccc3c2c1)C1CCN(S(=O)(=O)c2ccc3ccccc3c2)CC1. The van der Waals surface area contributed by atoms with Crippen molar-refractivity contribution >= 4 is 54.3 Å². The molecule has 35 heavy (non-hydrogen) atoms. The van der Waals surface area contributed by atoms with E-state index < -0.39 is 10.0 Å². The number of nitrogens with zero attached hydrogens (tertiary/aromatic N) is 1. The van der Waals surface area contributed by atoms with Crippen LogP contribution in [0.5, 0.6) is 0 Å². The summed E-state index contributed by atoms with van der Waals surface area (Å²) in [5.74, 6) is -0.324. The average molecular weight is 485 g/mol. The summed E-state index contributed by atoms with van der Waals surface area (Å²) in [5, 5.41) is 6.87. The highest BCUT2D eigenvalue weighted by Gasteiger charge is 2.32. The van der Waals surface area contributed by atoms with Gasteiger partial charge in [-0.25, -0.2) is 8.42 Å². The fourth-order valence-electron chi connectivity index (χ4n) is 4.88. The molecular formula is C28H24N2O4S. The van der Waals surface area contributed by atoms with Gasteiger partial charge in [-0.05, 0) is 60.0 Å². The van der Waals surface area contributed by atoms with E-state index in [2.05, 4.69) is 5.32 Å². The van der Waals surface area contributed by atoms with Crippen LogP contribution >= 0.6 is 0 Å². The maximum atomic E-state index is 13.2. The molecule has 1 N–H and O–H groups in total. The minimum atomic E-state index is -3.61. The largest absolute Gasteiger partial charge is 0.456 e. The fraction of sp³-hybridized carbons (Fsp3) is 0.179. The van der Waals surface area contributed by atoms with Gasteiger partial charge in [-0.1, -0.05) is 48.5 Å². The summed E-state index contributed by atoms with van der Waals surface area (Å²) in [4.78, 5) is 13.3. The lowest BCUT2D eigenvalue weighted by Crippen LogP contribution is -2.41. The molecule has 2 heterocycles. The Bertz CT molecular complexity index is 1680. The van der Waals surface area contributed by atoms with Crippen molar-refractivity contribution in [3.05, 3.63) is 84.9 Å². The molecule has 6 rings (SSSR count). The molecule has 0 saturated carbocycles. The molecule has 5 aromatic rings. The Labute approximate surface area is 203 Å². The van der Waals surface area contributed by atoms with Crippen LogP contribution in [0.15, 0.2) is 94.2 Å². The van der Waals surface area contributed by atoms with Crippen molar-refractivity contribution in [3.8, 4) is 0 Å². The fourth-order valence-corrected chi connectivity index (χ4v) is 6.39. The minimum Gasteiger partial charge on any atom is -0.456 e. The first-order valence-corrected chi connectivity index (χ1v) is 13.1. The van der Waals surface area contributed by atoms with E-state index in [9.17, 15) is 13.2 Å². The predicted octanol–water partition coefficient (Wildman–Crippen LogP) is 5.78. The number of carbonyl (C=O) groups is 1. The molecule has 6 nitrogen and oxygen atoms in total. The van der Waals surface area contributed by atoms with Crippen LogP contribution in [0.25, 0.3) is 32.7 Å². The Hall–Kier alpha value is -3.68. The molecule has 0 bridgehead atoms. The number of para-hydroxylation sites is 1. The summed E-state index contributed by atoms with van der Waals surface area (Å²) in [6.07, 6.45) is 0.963. The number of furan rings is 1. The third-order valence-electron chi connectivity index (χ3n) is 6.83. The van der Waals surface area contributed by atoms with Crippen LogP contribution in [0, 0.1) is 5.92 Å². The molecular weight excluding hydrogens is 460 g/mol. The number of rotatable bonds is 4. The van der Waals surface area contributed by atoms with Crippen molar-refractivity contribution in [1.29, 1.82) is 0 Å². The number of nitrogens with one attached hydrogen (secondary N) is 1. The van der Waals surface area contributed by atoms with E-state index in [1.165, 1.54) is 4.31 Å². The number of anilines is 1. The Morgan fingerprint density at radius 1 is 0.800 bits per heavy atom. The van der Waals surface area contributed by atoms with E-state index in [4.69, 9.17) is 4.42 Å². The Morgan fingerprint density at radius 3 is 2.34 bits per heavy atom. The summed E-state index contributed by atoms with van der Waals surface area (Å²) in [5.41, 5.74) is 2.29. The summed E-state index contributed by atoms with van der Waals surface area (Å²) < 4.78 is 33.8. The molecule has 1 aliphatic heterocycles. The van der Waals surface area contributed by atoms with Crippen molar-refractivity contribution in [3.63, 3.8) is 0 Å². The maximum Gasteiger partial charge on any atom is 0.243 e. The lowest BCUT2D eigenvalue weighted by molar-refractivity contribution is -0.120. The number of benzene rings is 4. The summed E-state index contributed by atoms with van der Waals surface area (Å²) in [6.45, 7) is 0.636. The Morgan fingerprint density at radius 2 is 1.51 bits per heavy atom. The van der Waals surface area contributed by atoms with E-state index in [1.54, 1.807) is 12.1 Å². The lowest BCUT2D eigenvalue weighted by Gasteiger charge is -2.30. The zero-order valence-electron chi connectivity index (χ0n) is 19.0. The van der Waals surface area contributed by atoms with Crippen LogP contribution in [-0.4, -0.2) is 31.7 Å². The second kappa shape index (κ2) is 8.52. The van der Waals surface area contributed by atoms with Gasteiger partial charge in [0.25, 0.3) is 0 Å². The van der Waals surface area contributed by atoms with Gasteiger partial charge < -0.3 is 9.73 Å². The maximum absolute atomic E-state index is 13.2. The number of amides is 1. The molecule has 1 saturated heterocycles. The number of piperidine rings is 1. The third kappa shape index (κ3) is 3.96. The van der Waals surface area contributed by atoms with Crippen molar-refractivity contribution in [1.82, 2.24) is 4.31 Å². The Kier molecular flexibility index (Phi) is 5.31. The molecule has 4 aromatic carbocycles. The molecule has 0 radical (unpaired) electrons. The van der Waals surface area contributed by atoms with E-state index in [0.29, 0.717) is 36.5 Å². The lowest BCUT2D eigenvalue weighted by atomic mass is 9.97. The van der Waals surface area contributed by atoms with Gasteiger partial charge in [-0.15, -0.1) is 0 Å². The monoisotopic (exact) mass is 484 g/mol. The number of sulfonamides is 1. The van der Waals surface area contributed by atoms with Crippen LogP contribution in [-0.2, 0) is 14.8 Å². The molecule has 1 fully saturated rings. The second-order valence-electron chi connectivity index (χ2n) is 8.99. The van der Waals surface area contributed by atoms with Gasteiger partial charge in [0.15, 0.2) is 0 Å². The first kappa shape index (κ1) is 21.8. The predicted molar refractivity (Wildman–Crippen MR) is 138 cm³/mol. The van der Waals surface area contributed by atoms with Crippen LogP contribution in [0.2, 0.25) is 0 Å². The molecule has 0 atom stereocenters. The first-order valence-electron chi connectivity index (χ1n) is 11.7. The Balaban J connectivity index is 1.15. The van der Waals surface area contributed by atoms with Crippen LogP contribution < -0.4 is 5.32 Å². The molecule has 7 heteroatoms. The smallest absolute Gasteiger partial charge is 0.243 e. The average Bonchev–Trinajstić information content (AvgIpc) is 3.26. The quantitative estimate of drug-likeness (QED) is 0.351. The molecule has 1 aromatic heterocycles. The highest BCUT2D eigenvalue weighted by Crippen LogP contribution is 2.31. The molecule has 176 valence electrons. The van der Waals surface area contributed by atoms with Crippen molar-refractivity contribution in [2.75, 3.05) is 18.4 Å². The van der Waals surface area contributed by atoms with Gasteiger partial charge in [-0.2, -0.15) is 4.31 Å². The van der Waals surface area contributed by atoms with Crippen molar-refractivity contribution in [2.24, 2.45) is 5.92 Å². The van der Waals surface area contributed by atoms with Gasteiger partial charge in [0.1, 0.15) is 11.2 Å². The first-order chi connectivity index (χ1) is 17.0. The molecule has 0 spiro atoms. The number of carbonyl (C=O) groups excluding carboxylic acids is 1. The number of hydrogen-bond acceptors (Lipinski definition) is 4. The van der Waals surface area contributed by atoms with Crippen molar-refractivity contribution < 1.29 is 17.6 Å². The zero-order valence-corrected chi connectivity index (χ0v) is 19.8. The van der Waals surface area contributed by atoms with Gasteiger partial charge in [0, 0.05) is 35.5 Å². The van der Waals surface area contributed by atoms with Gasteiger partial charge >= 0.3 is 0 Å². The molecule has 0 aliphatic carbocycles. The van der Waals surface area contributed by atoms with Crippen molar-refractivity contribution in [2.45, 2.75) is 17.7 Å². The van der Waals surface area contributed by atoms with E-state index >= 15 is 0 Å². The number of hydrogen-bond donors (Lipinski definition) is 1.